The van der Waals surface area contributed by atoms with Crippen LogP contribution in [0.3, 0.4) is 0 Å². The van der Waals surface area contributed by atoms with Crippen LogP contribution in [0.4, 0.5) is 0 Å². The quantitative estimate of drug-likeness (QED) is 0.392. The average molecular weight is 304 g/mol. The predicted molar refractivity (Wildman–Crippen MR) is 57.2 cm³/mol. The van der Waals surface area contributed by atoms with E-state index in [4.69, 9.17) is 31.2 Å². The van der Waals surface area contributed by atoms with Gasteiger partial charge in [0.1, 0.15) is 5.15 Å². The molecular formula is C6H8ClNO7P2. The maximum absolute atomic E-state index is 11.1. The van der Waals surface area contributed by atoms with Crippen LogP contribution in [0.15, 0.2) is 18.3 Å². The van der Waals surface area contributed by atoms with Crippen molar-refractivity contribution in [3.05, 3.63) is 29.0 Å². The van der Waals surface area contributed by atoms with Crippen molar-refractivity contribution >= 4 is 26.8 Å². The monoisotopic (exact) mass is 303 g/mol. The molecule has 1 aromatic heterocycles. The molecule has 8 nitrogen and oxygen atoms in total. The summed E-state index contributed by atoms with van der Waals surface area (Å²) in [7, 11) is -11.1. The summed E-state index contributed by atoms with van der Waals surface area (Å²) >= 11 is 5.42. The van der Waals surface area contributed by atoms with E-state index in [2.05, 4.69) is 4.98 Å². The van der Waals surface area contributed by atoms with Gasteiger partial charge in [-0.3, -0.25) is 9.13 Å². The normalized spacial score (nSPS) is 13.8. The lowest BCUT2D eigenvalue weighted by Gasteiger charge is -2.29. The zero-order chi connectivity index (χ0) is 13.5. The van der Waals surface area contributed by atoms with Gasteiger partial charge in [0.05, 0.1) is 0 Å². The molecule has 0 saturated heterocycles. The van der Waals surface area contributed by atoms with Crippen LogP contribution in [0.2, 0.25) is 5.15 Å². The molecule has 0 radical (unpaired) electrons. The summed E-state index contributed by atoms with van der Waals surface area (Å²) in [6.07, 6.45) is 0.952. The lowest BCUT2D eigenvalue weighted by atomic mass is 10.3. The predicted octanol–water partition coefficient (Wildman–Crippen LogP) is 0.193. The average Bonchev–Trinajstić information content (AvgIpc) is 2.12. The topological polar surface area (TPSA) is 148 Å². The van der Waals surface area contributed by atoms with Gasteiger partial charge < -0.3 is 24.7 Å². The summed E-state index contributed by atoms with van der Waals surface area (Å²) in [5.74, 6) is 0. The van der Waals surface area contributed by atoms with E-state index in [1.165, 1.54) is 0 Å². The fourth-order valence-corrected chi connectivity index (χ4v) is 3.60. The lowest BCUT2D eigenvalue weighted by Crippen LogP contribution is -2.25. The fourth-order valence-electron chi connectivity index (χ4n) is 1.12. The second kappa shape index (κ2) is 4.42. The third kappa shape index (κ3) is 2.59. The first-order valence-electron chi connectivity index (χ1n) is 3.96. The summed E-state index contributed by atoms with van der Waals surface area (Å²) < 4.78 is 22.2. The number of aromatic nitrogens is 1. The number of rotatable bonds is 3. The highest BCUT2D eigenvalue weighted by atomic mass is 35.5. The van der Waals surface area contributed by atoms with Crippen LogP contribution in [0.5, 0.6) is 0 Å². The zero-order valence-corrected chi connectivity index (χ0v) is 10.5. The van der Waals surface area contributed by atoms with E-state index in [0.717, 1.165) is 18.3 Å². The molecule has 11 heteroatoms. The van der Waals surface area contributed by atoms with Crippen LogP contribution in [0.1, 0.15) is 5.56 Å². The van der Waals surface area contributed by atoms with Crippen molar-refractivity contribution in [3.8, 4) is 0 Å². The van der Waals surface area contributed by atoms with Gasteiger partial charge in [0.15, 0.2) is 0 Å². The molecule has 0 saturated carbocycles. The number of hydrogen-bond donors (Lipinski definition) is 5. The van der Waals surface area contributed by atoms with Gasteiger partial charge in [0, 0.05) is 11.8 Å². The molecule has 0 aliphatic carbocycles. The second-order valence-electron chi connectivity index (χ2n) is 3.09. The molecule has 0 unspecified atom stereocenters. The van der Waals surface area contributed by atoms with Crippen molar-refractivity contribution in [1.29, 1.82) is 0 Å². The van der Waals surface area contributed by atoms with E-state index in [9.17, 15) is 14.2 Å². The second-order valence-corrected chi connectivity index (χ2v) is 7.30. The van der Waals surface area contributed by atoms with Crippen LogP contribution >= 0.6 is 26.8 Å². The maximum Gasteiger partial charge on any atom is 0.374 e. The Morgan fingerprint density at radius 2 is 1.65 bits per heavy atom. The van der Waals surface area contributed by atoms with Crippen molar-refractivity contribution in [2.75, 3.05) is 0 Å². The van der Waals surface area contributed by atoms with Crippen molar-refractivity contribution in [3.63, 3.8) is 0 Å². The Morgan fingerprint density at radius 3 is 2.00 bits per heavy atom. The molecule has 0 aromatic carbocycles. The van der Waals surface area contributed by atoms with Gasteiger partial charge in [-0.1, -0.05) is 11.6 Å². The minimum Gasteiger partial charge on any atom is -0.364 e. The maximum atomic E-state index is 11.1. The number of halogens is 1. The molecule has 0 amide bonds. The standard InChI is InChI=1S/C6H8ClNO7P2/c7-5-3-4(1-2-8-5)6(9,16(10,11)12)17(13,14)15/h1-3,9H,(H2,10,11,12)(H2,13,14,15). The first kappa shape index (κ1) is 14.8. The highest BCUT2D eigenvalue weighted by Crippen LogP contribution is 2.72. The lowest BCUT2D eigenvalue weighted by molar-refractivity contribution is 0.131. The van der Waals surface area contributed by atoms with Crippen molar-refractivity contribution < 1.29 is 33.8 Å². The molecule has 0 aliphatic heterocycles. The molecule has 1 heterocycles. The molecule has 5 N–H and O–H groups in total. The Hall–Kier alpha value is -0.300. The van der Waals surface area contributed by atoms with E-state index >= 15 is 0 Å². The Kier molecular flexibility index (Phi) is 3.84. The molecule has 96 valence electrons. The molecule has 0 fully saturated rings. The molecule has 1 rings (SSSR count). The summed E-state index contributed by atoms with van der Waals surface area (Å²) in [6.45, 7) is 0. The van der Waals surface area contributed by atoms with E-state index in [1.54, 1.807) is 0 Å². The van der Waals surface area contributed by atoms with Crippen molar-refractivity contribution in [1.82, 2.24) is 4.98 Å². The van der Waals surface area contributed by atoms with Gasteiger partial charge in [-0.05, 0) is 12.1 Å². The summed E-state index contributed by atoms with van der Waals surface area (Å²) in [5, 5.41) is 5.76. The van der Waals surface area contributed by atoms with Gasteiger partial charge in [0.25, 0.3) is 5.08 Å². The minimum absolute atomic E-state index is 0.275. The highest BCUT2D eigenvalue weighted by Gasteiger charge is 2.60. The third-order valence-electron chi connectivity index (χ3n) is 1.93. The zero-order valence-electron chi connectivity index (χ0n) is 8.00. The Bertz CT molecular complexity index is 501. The summed E-state index contributed by atoms with van der Waals surface area (Å²) in [4.78, 5) is 39.2. The SMILES string of the molecule is O=P(O)(O)C(O)(c1ccnc(Cl)c1)P(=O)(O)O. The number of nitrogens with zero attached hydrogens (tertiary/aromatic N) is 1. The molecule has 0 spiro atoms. The molecule has 1 aromatic rings. The Labute approximate surface area is 100 Å². The van der Waals surface area contributed by atoms with Gasteiger partial charge >= 0.3 is 15.2 Å². The first-order chi connectivity index (χ1) is 7.50. The van der Waals surface area contributed by atoms with E-state index in [-0.39, 0.29) is 5.15 Å². The fraction of sp³-hybridized carbons (Fsp3) is 0.167. The summed E-state index contributed by atoms with van der Waals surface area (Å²) in [5.41, 5.74) is -0.709. The minimum atomic E-state index is -5.54. The number of pyridine rings is 1. The first-order valence-corrected chi connectivity index (χ1v) is 7.56. The molecular weight excluding hydrogens is 295 g/mol. The highest BCUT2D eigenvalue weighted by molar-refractivity contribution is 7.71. The van der Waals surface area contributed by atoms with Crippen molar-refractivity contribution in [2.45, 2.75) is 5.08 Å². The van der Waals surface area contributed by atoms with Crippen LogP contribution < -0.4 is 0 Å². The Morgan fingerprint density at radius 1 is 1.18 bits per heavy atom. The third-order valence-corrected chi connectivity index (χ3v) is 5.84. The number of hydrogen-bond acceptors (Lipinski definition) is 4. The summed E-state index contributed by atoms with van der Waals surface area (Å²) in [6, 6.07) is 1.61. The van der Waals surface area contributed by atoms with Crippen molar-refractivity contribution in [2.24, 2.45) is 0 Å². The van der Waals surface area contributed by atoms with Crippen LogP contribution in [-0.4, -0.2) is 29.7 Å². The Balaban J connectivity index is 3.58. The van der Waals surface area contributed by atoms with E-state index < -0.39 is 25.8 Å². The van der Waals surface area contributed by atoms with Gasteiger partial charge in [-0.25, -0.2) is 4.98 Å². The number of aliphatic hydroxyl groups is 1. The van der Waals surface area contributed by atoms with E-state index in [1.807, 2.05) is 0 Å². The molecule has 0 aliphatic rings. The van der Waals surface area contributed by atoms with Gasteiger partial charge in [-0.15, -0.1) is 0 Å². The largest absolute Gasteiger partial charge is 0.374 e. The van der Waals surface area contributed by atoms with Crippen LogP contribution in [-0.2, 0) is 14.2 Å². The molecule has 17 heavy (non-hydrogen) atoms. The van der Waals surface area contributed by atoms with Gasteiger partial charge in [-0.2, -0.15) is 0 Å². The smallest absolute Gasteiger partial charge is 0.364 e. The van der Waals surface area contributed by atoms with E-state index in [0.29, 0.717) is 0 Å². The van der Waals surface area contributed by atoms with Crippen LogP contribution in [0, 0.1) is 0 Å². The van der Waals surface area contributed by atoms with Gasteiger partial charge in [0.2, 0.25) is 0 Å². The molecule has 0 atom stereocenters. The van der Waals surface area contributed by atoms with Crippen LogP contribution in [0.25, 0.3) is 0 Å². The molecule has 0 bridgehead atoms.